The number of rotatable bonds is 6. The summed E-state index contributed by atoms with van der Waals surface area (Å²) in [7, 11) is 2.01. The maximum absolute atomic E-state index is 9.48. The SMILES string of the molecule is CCSc1cccc(N(C)C(C)(C)CO)c1CN. The number of hydrogen-bond acceptors (Lipinski definition) is 4. The molecular formula is C14H24N2OS. The number of likely N-dealkylation sites (N-methyl/N-ethyl adjacent to an activating group) is 1. The van der Waals surface area contributed by atoms with Gasteiger partial charge in [-0.1, -0.05) is 13.0 Å². The van der Waals surface area contributed by atoms with Crippen molar-refractivity contribution in [3.05, 3.63) is 23.8 Å². The number of aliphatic hydroxyl groups is 1. The number of nitrogens with zero attached hydrogens (tertiary/aromatic N) is 1. The zero-order valence-corrected chi connectivity index (χ0v) is 12.5. The van der Waals surface area contributed by atoms with Gasteiger partial charge in [-0.3, -0.25) is 0 Å². The first kappa shape index (κ1) is 15.3. The molecule has 1 aromatic carbocycles. The Kier molecular flexibility index (Phi) is 5.50. The summed E-state index contributed by atoms with van der Waals surface area (Å²) < 4.78 is 0. The third kappa shape index (κ3) is 3.19. The second-order valence-electron chi connectivity index (χ2n) is 4.92. The van der Waals surface area contributed by atoms with E-state index in [9.17, 15) is 5.11 Å². The fourth-order valence-electron chi connectivity index (χ4n) is 1.80. The molecule has 0 fully saturated rings. The third-order valence-corrected chi connectivity index (χ3v) is 4.25. The Morgan fingerprint density at radius 3 is 2.56 bits per heavy atom. The van der Waals surface area contributed by atoms with Gasteiger partial charge in [0, 0.05) is 29.7 Å². The summed E-state index contributed by atoms with van der Waals surface area (Å²) in [6.07, 6.45) is 0. The molecule has 3 N–H and O–H groups in total. The molecule has 1 rings (SSSR count). The van der Waals surface area contributed by atoms with E-state index in [0.717, 1.165) is 17.0 Å². The van der Waals surface area contributed by atoms with E-state index >= 15 is 0 Å². The number of nitrogens with two attached hydrogens (primary N) is 1. The van der Waals surface area contributed by atoms with E-state index in [-0.39, 0.29) is 12.1 Å². The largest absolute Gasteiger partial charge is 0.394 e. The van der Waals surface area contributed by atoms with Crippen molar-refractivity contribution in [2.75, 3.05) is 24.3 Å². The number of benzene rings is 1. The third-order valence-electron chi connectivity index (χ3n) is 3.27. The smallest absolute Gasteiger partial charge is 0.0658 e. The number of thioether (sulfide) groups is 1. The number of aliphatic hydroxyl groups excluding tert-OH is 1. The van der Waals surface area contributed by atoms with Gasteiger partial charge in [-0.25, -0.2) is 0 Å². The minimum atomic E-state index is -0.292. The van der Waals surface area contributed by atoms with Crippen LogP contribution < -0.4 is 10.6 Å². The molecule has 0 aromatic heterocycles. The standard InChI is InChI=1S/C14H24N2OS/c1-5-18-13-8-6-7-12(11(13)9-15)16(4)14(2,3)10-17/h6-8,17H,5,9-10,15H2,1-4H3. The fraction of sp³-hybridized carbons (Fsp3) is 0.571. The van der Waals surface area contributed by atoms with Gasteiger partial charge in [-0.15, -0.1) is 11.8 Å². The van der Waals surface area contributed by atoms with Crippen LogP contribution in [0.15, 0.2) is 23.1 Å². The summed E-state index contributed by atoms with van der Waals surface area (Å²) >= 11 is 1.81. The maximum Gasteiger partial charge on any atom is 0.0658 e. The Balaban J connectivity index is 3.19. The molecule has 1 aromatic rings. The lowest BCUT2D eigenvalue weighted by atomic mass is 10.0. The van der Waals surface area contributed by atoms with Crippen molar-refractivity contribution in [2.45, 2.75) is 37.8 Å². The second-order valence-corrected chi connectivity index (χ2v) is 6.23. The Bertz CT molecular complexity index is 393. The van der Waals surface area contributed by atoms with Crippen LogP contribution in [0.3, 0.4) is 0 Å². The minimum absolute atomic E-state index is 0.110. The van der Waals surface area contributed by atoms with Gasteiger partial charge in [0.15, 0.2) is 0 Å². The molecule has 4 heteroatoms. The number of anilines is 1. The first-order valence-corrected chi connectivity index (χ1v) is 7.26. The molecule has 0 radical (unpaired) electrons. The second kappa shape index (κ2) is 6.45. The monoisotopic (exact) mass is 268 g/mol. The molecule has 0 spiro atoms. The Morgan fingerprint density at radius 2 is 2.06 bits per heavy atom. The van der Waals surface area contributed by atoms with E-state index < -0.39 is 0 Å². The van der Waals surface area contributed by atoms with Crippen molar-refractivity contribution >= 4 is 17.4 Å². The molecule has 0 saturated heterocycles. The Morgan fingerprint density at radius 1 is 1.39 bits per heavy atom. The van der Waals surface area contributed by atoms with E-state index in [1.54, 1.807) is 0 Å². The van der Waals surface area contributed by atoms with Gasteiger partial charge in [-0.2, -0.15) is 0 Å². The predicted octanol–water partition coefficient (Wildman–Crippen LogP) is 2.46. The molecule has 0 unspecified atom stereocenters. The van der Waals surface area contributed by atoms with Gasteiger partial charge in [0.25, 0.3) is 0 Å². The van der Waals surface area contributed by atoms with E-state index in [2.05, 4.69) is 30.0 Å². The lowest BCUT2D eigenvalue weighted by Crippen LogP contribution is -2.45. The van der Waals surface area contributed by atoms with Gasteiger partial charge < -0.3 is 15.7 Å². The first-order chi connectivity index (χ1) is 8.47. The molecule has 0 amide bonds. The van der Waals surface area contributed by atoms with Gasteiger partial charge in [0.1, 0.15) is 0 Å². The average molecular weight is 268 g/mol. The highest BCUT2D eigenvalue weighted by molar-refractivity contribution is 7.99. The van der Waals surface area contributed by atoms with Crippen LogP contribution in [0.25, 0.3) is 0 Å². The number of hydrogen-bond donors (Lipinski definition) is 2. The van der Waals surface area contributed by atoms with Gasteiger partial charge in [0.05, 0.1) is 12.1 Å². The topological polar surface area (TPSA) is 49.5 Å². The molecule has 0 atom stereocenters. The van der Waals surface area contributed by atoms with E-state index in [1.165, 1.54) is 4.90 Å². The highest BCUT2D eigenvalue weighted by Crippen LogP contribution is 2.32. The molecule has 0 heterocycles. The summed E-state index contributed by atoms with van der Waals surface area (Å²) in [4.78, 5) is 3.34. The molecule has 102 valence electrons. The van der Waals surface area contributed by atoms with Crippen molar-refractivity contribution in [1.29, 1.82) is 0 Å². The molecule has 0 aliphatic heterocycles. The van der Waals surface area contributed by atoms with Crippen LogP contribution in [0.4, 0.5) is 5.69 Å². The van der Waals surface area contributed by atoms with Crippen molar-refractivity contribution in [2.24, 2.45) is 5.73 Å². The normalized spacial score (nSPS) is 11.7. The highest BCUT2D eigenvalue weighted by Gasteiger charge is 2.24. The van der Waals surface area contributed by atoms with Gasteiger partial charge in [0.2, 0.25) is 0 Å². The zero-order chi connectivity index (χ0) is 13.8. The Labute approximate surface area is 114 Å². The molecule has 0 aliphatic rings. The van der Waals surface area contributed by atoms with Crippen LogP contribution in [-0.4, -0.2) is 30.1 Å². The zero-order valence-electron chi connectivity index (χ0n) is 11.7. The van der Waals surface area contributed by atoms with Crippen molar-refractivity contribution in [3.63, 3.8) is 0 Å². The maximum atomic E-state index is 9.48. The molecule has 0 saturated carbocycles. The Hall–Kier alpha value is -0.710. The van der Waals surface area contributed by atoms with E-state index in [4.69, 9.17) is 5.73 Å². The van der Waals surface area contributed by atoms with Gasteiger partial charge in [-0.05, 0) is 31.7 Å². The van der Waals surface area contributed by atoms with Crippen LogP contribution in [-0.2, 0) is 6.54 Å². The molecule has 0 bridgehead atoms. The van der Waals surface area contributed by atoms with Crippen LogP contribution >= 0.6 is 11.8 Å². The summed E-state index contributed by atoms with van der Waals surface area (Å²) in [5.74, 6) is 1.03. The predicted molar refractivity (Wildman–Crippen MR) is 80.3 cm³/mol. The summed E-state index contributed by atoms with van der Waals surface area (Å²) in [6, 6.07) is 6.23. The van der Waals surface area contributed by atoms with Crippen molar-refractivity contribution in [1.82, 2.24) is 0 Å². The molecule has 18 heavy (non-hydrogen) atoms. The summed E-state index contributed by atoms with van der Waals surface area (Å²) in [5.41, 5.74) is 7.88. The van der Waals surface area contributed by atoms with Crippen LogP contribution in [0.5, 0.6) is 0 Å². The first-order valence-electron chi connectivity index (χ1n) is 6.27. The van der Waals surface area contributed by atoms with Gasteiger partial charge >= 0.3 is 0 Å². The highest BCUT2D eigenvalue weighted by atomic mass is 32.2. The molecule has 3 nitrogen and oxygen atoms in total. The minimum Gasteiger partial charge on any atom is -0.394 e. The van der Waals surface area contributed by atoms with Crippen LogP contribution in [0, 0.1) is 0 Å². The fourth-order valence-corrected chi connectivity index (χ4v) is 2.64. The quantitative estimate of drug-likeness (QED) is 0.778. The summed E-state index contributed by atoms with van der Waals surface area (Å²) in [5, 5.41) is 9.48. The molecule has 0 aliphatic carbocycles. The van der Waals surface area contributed by atoms with E-state index in [0.29, 0.717) is 6.54 Å². The van der Waals surface area contributed by atoms with E-state index in [1.807, 2.05) is 32.7 Å². The lowest BCUT2D eigenvalue weighted by molar-refractivity contribution is 0.216. The van der Waals surface area contributed by atoms with Crippen molar-refractivity contribution in [3.8, 4) is 0 Å². The molecular weight excluding hydrogens is 244 g/mol. The summed E-state index contributed by atoms with van der Waals surface area (Å²) in [6.45, 7) is 6.81. The van der Waals surface area contributed by atoms with Crippen LogP contribution in [0.2, 0.25) is 0 Å². The van der Waals surface area contributed by atoms with Crippen LogP contribution in [0.1, 0.15) is 26.3 Å². The average Bonchev–Trinajstić information content (AvgIpc) is 2.38. The lowest BCUT2D eigenvalue weighted by Gasteiger charge is -2.37. The van der Waals surface area contributed by atoms with Crippen molar-refractivity contribution < 1.29 is 5.11 Å².